The SMILES string of the molecule is [2H]c1c([2H])c([2H])c2c(c1[2H])c([2H])c([2H])c1c2oc2c([2H])c(-c3nc(-c4cc(-c5ccccc5)cc(-c5ccccc5)c4)nc(-c4ccc5c(c4)sc4cccc(-c6ccccc6)c45)n3)c([2H])c([2H])c21. The Labute approximate surface area is 362 Å². The van der Waals surface area contributed by atoms with Crippen LogP contribution in [0.5, 0.6) is 0 Å². The van der Waals surface area contributed by atoms with Crippen molar-refractivity contribution in [3.63, 3.8) is 0 Å². The van der Waals surface area contributed by atoms with Crippen molar-refractivity contribution in [3.05, 3.63) is 200 Å². The first kappa shape index (κ1) is 26.3. The van der Waals surface area contributed by atoms with Gasteiger partial charge in [-0.2, -0.15) is 0 Å². The second-order valence-electron chi connectivity index (χ2n) is 14.5. The van der Waals surface area contributed by atoms with Crippen molar-refractivity contribution >= 4 is 64.2 Å². The van der Waals surface area contributed by atoms with Gasteiger partial charge in [-0.15, -0.1) is 11.3 Å². The number of furan rings is 1. The average molecular weight is 793 g/mol. The van der Waals surface area contributed by atoms with E-state index < -0.39 is 48.3 Å². The first-order valence-corrected chi connectivity index (χ1v) is 20.2. The zero-order chi connectivity index (χ0) is 47.4. The Morgan fingerprint density at radius 3 is 1.78 bits per heavy atom. The van der Waals surface area contributed by atoms with Crippen LogP contribution in [-0.2, 0) is 0 Å². The second kappa shape index (κ2) is 14.0. The Morgan fingerprint density at radius 2 is 1.05 bits per heavy atom. The summed E-state index contributed by atoms with van der Waals surface area (Å²) in [5, 5.41) is 1.64. The van der Waals surface area contributed by atoms with Crippen molar-refractivity contribution < 1.29 is 16.8 Å². The summed E-state index contributed by atoms with van der Waals surface area (Å²) in [6.07, 6.45) is 0. The van der Waals surface area contributed by atoms with Crippen LogP contribution < -0.4 is 0 Å². The Hall–Kier alpha value is -7.73. The molecule has 280 valence electrons. The van der Waals surface area contributed by atoms with Crippen LogP contribution in [0.25, 0.3) is 120 Å². The molecule has 60 heavy (non-hydrogen) atoms. The maximum absolute atomic E-state index is 9.70. The van der Waals surface area contributed by atoms with Gasteiger partial charge in [-0.1, -0.05) is 152 Å². The Kier molecular flexibility index (Phi) is 6.13. The van der Waals surface area contributed by atoms with Crippen molar-refractivity contribution in [2.24, 2.45) is 0 Å². The molecule has 0 unspecified atom stereocenters. The van der Waals surface area contributed by atoms with Crippen molar-refractivity contribution in [2.75, 3.05) is 0 Å². The predicted octanol–water partition coefficient (Wildman–Crippen LogP) is 15.3. The van der Waals surface area contributed by atoms with Crippen LogP contribution in [-0.4, -0.2) is 15.0 Å². The van der Waals surface area contributed by atoms with Gasteiger partial charge in [0.15, 0.2) is 17.5 Å². The van der Waals surface area contributed by atoms with E-state index in [1.807, 2.05) is 103 Å². The molecule has 4 nitrogen and oxygen atoms in total. The van der Waals surface area contributed by atoms with E-state index in [0.717, 1.165) is 53.6 Å². The molecule has 0 aliphatic carbocycles. The lowest BCUT2D eigenvalue weighted by atomic mass is 9.96. The number of fused-ring (bicyclic) bond motifs is 8. The number of hydrogen-bond donors (Lipinski definition) is 0. The summed E-state index contributed by atoms with van der Waals surface area (Å²) in [6, 6.07) is 44.3. The van der Waals surface area contributed by atoms with Gasteiger partial charge in [-0.3, -0.25) is 0 Å². The quantitative estimate of drug-likeness (QED) is 0.168. The fourth-order valence-electron chi connectivity index (χ4n) is 7.94. The highest BCUT2D eigenvalue weighted by Gasteiger charge is 2.19. The van der Waals surface area contributed by atoms with E-state index in [4.69, 9.17) is 27.6 Å². The van der Waals surface area contributed by atoms with Gasteiger partial charge in [-0.25, -0.2) is 15.0 Å². The van der Waals surface area contributed by atoms with Crippen LogP contribution in [0.4, 0.5) is 0 Å². The molecule has 3 aromatic heterocycles. The Bertz CT molecular complexity index is 4070. The van der Waals surface area contributed by atoms with Gasteiger partial charge < -0.3 is 4.42 Å². The highest BCUT2D eigenvalue weighted by atomic mass is 32.1. The molecule has 0 saturated heterocycles. The van der Waals surface area contributed by atoms with Gasteiger partial charge in [0.05, 0.1) is 12.3 Å². The van der Waals surface area contributed by atoms with E-state index in [1.54, 1.807) is 11.3 Å². The molecule has 12 aromatic rings. The maximum Gasteiger partial charge on any atom is 0.164 e. The normalized spacial score (nSPS) is 13.8. The van der Waals surface area contributed by atoms with Gasteiger partial charge in [0.25, 0.3) is 0 Å². The molecule has 3 heterocycles. The molecule has 0 saturated carbocycles. The smallest absolute Gasteiger partial charge is 0.164 e. The standard InChI is InChI=1S/C55H33N3OS/c1-4-13-34(14-5-1)40-29-41(35-15-6-2-7-16-35)31-42(30-40)55-57-53(38-24-26-45-46-27-23-37-19-10-11-20-44(37)52(46)59-48(45)32-38)56-54(58-55)39-25-28-47-50(33-39)60-49-22-12-21-43(51(47)49)36-17-8-3-9-18-36/h1-33H/i10D,11D,19D,20D,23D,24D,26D,27D,32D. The number of benzene rings is 9. The molecule has 0 atom stereocenters. The number of rotatable bonds is 6. The lowest BCUT2D eigenvalue weighted by Crippen LogP contribution is -2.00. The summed E-state index contributed by atoms with van der Waals surface area (Å²) in [5.74, 6) is 0.430. The lowest BCUT2D eigenvalue weighted by molar-refractivity contribution is 0.673. The molecule has 0 amide bonds. The van der Waals surface area contributed by atoms with Crippen molar-refractivity contribution in [2.45, 2.75) is 0 Å². The van der Waals surface area contributed by atoms with Gasteiger partial charge in [0.1, 0.15) is 11.2 Å². The first-order valence-electron chi connectivity index (χ1n) is 23.9. The molecule has 0 bridgehead atoms. The number of nitrogens with zero attached hydrogens (tertiary/aromatic N) is 3. The summed E-state index contributed by atoms with van der Waals surface area (Å²) in [4.78, 5) is 15.1. The number of aromatic nitrogens is 3. The molecule has 0 aliphatic heterocycles. The Morgan fingerprint density at radius 1 is 0.417 bits per heavy atom. The van der Waals surface area contributed by atoms with Crippen molar-refractivity contribution in [1.82, 2.24) is 15.0 Å². The summed E-state index contributed by atoms with van der Waals surface area (Å²) in [5.41, 5.74) is 6.72. The fraction of sp³-hybridized carbons (Fsp3) is 0. The van der Waals surface area contributed by atoms with Gasteiger partial charge in [0, 0.05) is 53.0 Å². The van der Waals surface area contributed by atoms with E-state index in [0.29, 0.717) is 11.1 Å². The zero-order valence-electron chi connectivity index (χ0n) is 40.5. The van der Waals surface area contributed by atoms with Crippen LogP contribution in [0.3, 0.4) is 0 Å². The molecule has 0 fully saturated rings. The summed E-state index contributed by atoms with van der Waals surface area (Å²) < 4.78 is 89.1. The molecule has 5 heteroatoms. The van der Waals surface area contributed by atoms with Crippen LogP contribution in [0.2, 0.25) is 0 Å². The van der Waals surface area contributed by atoms with Crippen LogP contribution in [0, 0.1) is 0 Å². The molecular weight excluding hydrogens is 751 g/mol. The highest BCUT2D eigenvalue weighted by Crippen LogP contribution is 2.42. The summed E-state index contributed by atoms with van der Waals surface area (Å²) in [6.45, 7) is 0. The average Bonchev–Trinajstić information content (AvgIpc) is 3.98. The topological polar surface area (TPSA) is 51.8 Å². The molecular formula is C55H33N3OS. The lowest BCUT2D eigenvalue weighted by Gasteiger charge is -2.12. The predicted molar refractivity (Wildman–Crippen MR) is 250 cm³/mol. The minimum absolute atomic E-state index is 0.0749. The van der Waals surface area contributed by atoms with Crippen molar-refractivity contribution in [3.8, 4) is 67.5 Å². The van der Waals surface area contributed by atoms with Crippen LogP contribution in [0.15, 0.2) is 204 Å². The third-order valence-electron chi connectivity index (χ3n) is 10.8. The molecule has 0 aliphatic rings. The summed E-state index contributed by atoms with van der Waals surface area (Å²) >= 11 is 1.65. The molecule has 9 aromatic carbocycles. The number of hydrogen-bond acceptors (Lipinski definition) is 5. The van der Waals surface area contributed by atoms with Gasteiger partial charge in [-0.05, 0) is 87.2 Å². The second-order valence-corrected chi connectivity index (χ2v) is 15.5. The Balaban J connectivity index is 1.13. The van der Waals surface area contributed by atoms with E-state index >= 15 is 0 Å². The molecule has 12 rings (SSSR count). The minimum Gasteiger partial charge on any atom is -0.455 e. The maximum atomic E-state index is 9.70. The monoisotopic (exact) mass is 792 g/mol. The van der Waals surface area contributed by atoms with Crippen molar-refractivity contribution in [1.29, 1.82) is 0 Å². The minimum atomic E-state index is -0.566. The first-order chi connectivity index (χ1) is 33.5. The van der Waals surface area contributed by atoms with Crippen LogP contribution >= 0.6 is 11.3 Å². The highest BCUT2D eigenvalue weighted by molar-refractivity contribution is 7.26. The third-order valence-corrected chi connectivity index (χ3v) is 11.9. The largest absolute Gasteiger partial charge is 0.455 e. The van der Waals surface area contributed by atoms with E-state index in [2.05, 4.69) is 42.5 Å². The van der Waals surface area contributed by atoms with Gasteiger partial charge >= 0.3 is 0 Å². The number of thiophene rings is 1. The van der Waals surface area contributed by atoms with E-state index in [1.165, 1.54) is 0 Å². The molecule has 0 spiro atoms. The van der Waals surface area contributed by atoms with Crippen LogP contribution in [0.1, 0.15) is 12.3 Å². The molecule has 0 radical (unpaired) electrons. The fourth-order valence-corrected chi connectivity index (χ4v) is 9.11. The third kappa shape index (κ3) is 5.86. The van der Waals surface area contributed by atoms with Gasteiger partial charge in [0.2, 0.25) is 0 Å². The summed E-state index contributed by atoms with van der Waals surface area (Å²) in [7, 11) is 0. The van der Waals surface area contributed by atoms with E-state index in [-0.39, 0.29) is 61.8 Å². The van der Waals surface area contributed by atoms with E-state index in [9.17, 15) is 4.11 Å². The zero-order valence-corrected chi connectivity index (χ0v) is 32.3. The molecule has 0 N–H and O–H groups in total.